The molecule has 0 aliphatic carbocycles. The highest BCUT2D eigenvalue weighted by molar-refractivity contribution is 5.10. The molecule has 11 heavy (non-hydrogen) atoms. The lowest BCUT2D eigenvalue weighted by atomic mass is 10.2. The highest BCUT2D eigenvalue weighted by Gasteiger charge is 1.97. The summed E-state index contributed by atoms with van der Waals surface area (Å²) >= 11 is 0. The first-order chi connectivity index (χ1) is 5.33. The maximum absolute atomic E-state index is 5.16. The molecule has 1 aromatic rings. The molecule has 0 fully saturated rings. The van der Waals surface area contributed by atoms with E-state index in [-0.39, 0.29) is 0 Å². The molecular formula is C9H13NO. The third-order valence-electron chi connectivity index (χ3n) is 1.43. The Morgan fingerprint density at radius 3 is 3.09 bits per heavy atom. The molecular weight excluding hydrogens is 138 g/mol. The Morgan fingerprint density at radius 2 is 2.55 bits per heavy atom. The van der Waals surface area contributed by atoms with E-state index in [1.165, 1.54) is 0 Å². The topological polar surface area (TPSA) is 25.2 Å². The zero-order valence-corrected chi connectivity index (χ0v) is 6.76. The fourth-order valence-electron chi connectivity index (χ4n) is 0.972. The Bertz CT molecular complexity index is 213. The van der Waals surface area contributed by atoms with Gasteiger partial charge in [-0.2, -0.15) is 0 Å². The number of likely N-dealkylation sites (N-methyl/N-ethyl adjacent to an activating group) is 1. The van der Waals surface area contributed by atoms with Crippen molar-refractivity contribution >= 4 is 0 Å². The van der Waals surface area contributed by atoms with E-state index in [2.05, 4.69) is 11.9 Å². The molecule has 0 unspecified atom stereocenters. The fraction of sp³-hybridized carbons (Fsp3) is 0.333. The normalized spacial score (nSPS) is 9.91. The summed E-state index contributed by atoms with van der Waals surface area (Å²) in [5.74, 6) is 0.977. The van der Waals surface area contributed by atoms with E-state index in [4.69, 9.17) is 4.42 Å². The van der Waals surface area contributed by atoms with Crippen LogP contribution >= 0.6 is 0 Å². The van der Waals surface area contributed by atoms with Crippen LogP contribution in [0.4, 0.5) is 0 Å². The largest absolute Gasteiger partial charge is 0.469 e. The molecule has 1 N–H and O–H groups in total. The minimum Gasteiger partial charge on any atom is -0.469 e. The average molecular weight is 151 g/mol. The highest BCUT2D eigenvalue weighted by Crippen LogP contribution is 2.05. The van der Waals surface area contributed by atoms with Crippen molar-refractivity contribution in [2.75, 3.05) is 13.6 Å². The number of nitrogens with one attached hydrogen (secondary N) is 1. The Hall–Kier alpha value is -1.02. The minimum absolute atomic E-state index is 0.827. The molecule has 2 heteroatoms. The van der Waals surface area contributed by atoms with Gasteiger partial charge in [0.25, 0.3) is 0 Å². The standard InChI is InChI=1S/C9H13NO/c1-8(7-10-2)6-9-4-3-5-11-9/h3-5,10H,1,6-7H2,2H3. The zero-order chi connectivity index (χ0) is 8.10. The quantitative estimate of drug-likeness (QED) is 0.661. The second kappa shape index (κ2) is 3.98. The van der Waals surface area contributed by atoms with Gasteiger partial charge in [0.15, 0.2) is 0 Å². The van der Waals surface area contributed by atoms with Crippen LogP contribution < -0.4 is 5.32 Å². The molecule has 1 heterocycles. The van der Waals surface area contributed by atoms with Crippen LogP contribution in [-0.2, 0) is 6.42 Å². The van der Waals surface area contributed by atoms with E-state index in [0.717, 1.165) is 24.3 Å². The number of hydrogen-bond donors (Lipinski definition) is 1. The van der Waals surface area contributed by atoms with Gasteiger partial charge in [-0.25, -0.2) is 0 Å². The van der Waals surface area contributed by atoms with Crippen molar-refractivity contribution < 1.29 is 4.42 Å². The van der Waals surface area contributed by atoms with Crippen LogP contribution in [-0.4, -0.2) is 13.6 Å². The summed E-state index contributed by atoms with van der Waals surface area (Å²) < 4.78 is 5.16. The van der Waals surface area contributed by atoms with Crippen LogP contribution in [0.1, 0.15) is 5.76 Å². The van der Waals surface area contributed by atoms with E-state index in [9.17, 15) is 0 Å². The molecule has 0 aliphatic rings. The summed E-state index contributed by atoms with van der Waals surface area (Å²) in [7, 11) is 1.91. The van der Waals surface area contributed by atoms with Crippen molar-refractivity contribution in [2.45, 2.75) is 6.42 Å². The van der Waals surface area contributed by atoms with Crippen molar-refractivity contribution in [3.63, 3.8) is 0 Å². The van der Waals surface area contributed by atoms with Crippen molar-refractivity contribution in [1.29, 1.82) is 0 Å². The van der Waals surface area contributed by atoms with Gasteiger partial charge in [-0.15, -0.1) is 0 Å². The van der Waals surface area contributed by atoms with E-state index in [1.807, 2.05) is 19.2 Å². The van der Waals surface area contributed by atoms with Gasteiger partial charge in [0.2, 0.25) is 0 Å². The molecule has 60 valence electrons. The van der Waals surface area contributed by atoms with Crippen molar-refractivity contribution in [2.24, 2.45) is 0 Å². The SMILES string of the molecule is C=C(CNC)Cc1ccco1. The number of rotatable bonds is 4. The predicted octanol–water partition coefficient (Wildman–Crippen LogP) is 1.60. The molecule has 0 aromatic carbocycles. The monoisotopic (exact) mass is 151 g/mol. The summed E-state index contributed by atoms with van der Waals surface area (Å²) in [6.45, 7) is 4.74. The summed E-state index contributed by atoms with van der Waals surface area (Å²) in [6, 6.07) is 3.85. The van der Waals surface area contributed by atoms with Crippen LogP contribution in [0.2, 0.25) is 0 Å². The summed E-state index contributed by atoms with van der Waals surface area (Å²) in [4.78, 5) is 0. The highest BCUT2D eigenvalue weighted by atomic mass is 16.3. The van der Waals surface area contributed by atoms with Crippen LogP contribution in [0, 0.1) is 0 Å². The fourth-order valence-corrected chi connectivity index (χ4v) is 0.972. The molecule has 0 radical (unpaired) electrons. The Kier molecular flexibility index (Phi) is 2.93. The van der Waals surface area contributed by atoms with E-state index in [0.29, 0.717) is 0 Å². The first-order valence-electron chi connectivity index (χ1n) is 3.66. The number of furan rings is 1. The molecule has 0 atom stereocenters. The van der Waals surface area contributed by atoms with Crippen LogP contribution in [0.15, 0.2) is 35.0 Å². The summed E-state index contributed by atoms with van der Waals surface area (Å²) in [5, 5.41) is 3.04. The van der Waals surface area contributed by atoms with E-state index < -0.39 is 0 Å². The van der Waals surface area contributed by atoms with Gasteiger partial charge in [0.05, 0.1) is 6.26 Å². The maximum atomic E-state index is 5.16. The predicted molar refractivity (Wildman–Crippen MR) is 45.5 cm³/mol. The minimum atomic E-state index is 0.827. The number of hydrogen-bond acceptors (Lipinski definition) is 2. The van der Waals surface area contributed by atoms with Gasteiger partial charge < -0.3 is 9.73 Å². The first-order valence-corrected chi connectivity index (χ1v) is 3.66. The van der Waals surface area contributed by atoms with Gasteiger partial charge in [0.1, 0.15) is 5.76 Å². The van der Waals surface area contributed by atoms with Crippen molar-refractivity contribution in [1.82, 2.24) is 5.32 Å². The second-order valence-electron chi connectivity index (χ2n) is 2.54. The van der Waals surface area contributed by atoms with Crippen LogP contribution in [0.3, 0.4) is 0 Å². The molecule has 0 bridgehead atoms. The van der Waals surface area contributed by atoms with Crippen LogP contribution in [0.5, 0.6) is 0 Å². The third-order valence-corrected chi connectivity index (χ3v) is 1.43. The zero-order valence-electron chi connectivity index (χ0n) is 6.76. The Morgan fingerprint density at radius 1 is 1.73 bits per heavy atom. The second-order valence-corrected chi connectivity index (χ2v) is 2.54. The molecule has 0 aliphatic heterocycles. The Labute approximate surface area is 66.9 Å². The average Bonchev–Trinajstić information content (AvgIpc) is 2.40. The Balaban J connectivity index is 2.37. The van der Waals surface area contributed by atoms with E-state index in [1.54, 1.807) is 6.26 Å². The lowest BCUT2D eigenvalue weighted by molar-refractivity contribution is 0.518. The molecule has 0 saturated carbocycles. The van der Waals surface area contributed by atoms with Gasteiger partial charge in [-0.05, 0) is 19.2 Å². The smallest absolute Gasteiger partial charge is 0.107 e. The lowest BCUT2D eigenvalue weighted by Gasteiger charge is -2.00. The molecule has 2 nitrogen and oxygen atoms in total. The molecule has 1 aromatic heterocycles. The van der Waals surface area contributed by atoms with Gasteiger partial charge in [-0.1, -0.05) is 12.2 Å². The molecule has 0 spiro atoms. The summed E-state index contributed by atoms with van der Waals surface area (Å²) in [5.41, 5.74) is 1.14. The summed E-state index contributed by atoms with van der Waals surface area (Å²) in [6.07, 6.45) is 2.51. The maximum Gasteiger partial charge on any atom is 0.107 e. The van der Waals surface area contributed by atoms with Crippen molar-refractivity contribution in [3.8, 4) is 0 Å². The third kappa shape index (κ3) is 2.60. The van der Waals surface area contributed by atoms with Crippen LogP contribution in [0.25, 0.3) is 0 Å². The van der Waals surface area contributed by atoms with Gasteiger partial charge in [-0.3, -0.25) is 0 Å². The molecule has 0 saturated heterocycles. The molecule has 0 amide bonds. The lowest BCUT2D eigenvalue weighted by Crippen LogP contribution is -2.10. The van der Waals surface area contributed by atoms with E-state index >= 15 is 0 Å². The van der Waals surface area contributed by atoms with Gasteiger partial charge in [0, 0.05) is 13.0 Å². The first kappa shape index (κ1) is 8.08. The van der Waals surface area contributed by atoms with Gasteiger partial charge >= 0.3 is 0 Å². The van der Waals surface area contributed by atoms with Crippen molar-refractivity contribution in [3.05, 3.63) is 36.3 Å². The molecule has 1 rings (SSSR count).